The van der Waals surface area contributed by atoms with Gasteiger partial charge in [-0.3, -0.25) is 0 Å². The van der Waals surface area contributed by atoms with E-state index >= 15 is 0 Å². The van der Waals surface area contributed by atoms with Gasteiger partial charge in [0.05, 0.1) is 18.2 Å². The summed E-state index contributed by atoms with van der Waals surface area (Å²) in [4.78, 5) is 12.3. The molecule has 24 heavy (non-hydrogen) atoms. The number of alkyl halides is 3. The summed E-state index contributed by atoms with van der Waals surface area (Å²) in [6, 6.07) is 5.30. The largest absolute Gasteiger partial charge is 0.465 e. The zero-order valence-corrected chi connectivity index (χ0v) is 14.3. The van der Waals surface area contributed by atoms with Gasteiger partial charge in [-0.15, -0.1) is 0 Å². The molecule has 0 bridgehead atoms. The van der Waals surface area contributed by atoms with E-state index in [1.165, 1.54) is 25.3 Å². The monoisotopic (exact) mass is 336 g/mol. The van der Waals surface area contributed by atoms with E-state index in [1.54, 1.807) is 13.8 Å². The van der Waals surface area contributed by atoms with Crippen molar-refractivity contribution >= 4 is 5.97 Å². The predicted octanol–water partition coefficient (Wildman–Crippen LogP) is 5.39. The van der Waals surface area contributed by atoms with Gasteiger partial charge in [0.15, 0.2) is 0 Å². The molecule has 0 amide bonds. The quantitative estimate of drug-likeness (QED) is 0.687. The third kappa shape index (κ3) is 2.90. The summed E-state index contributed by atoms with van der Waals surface area (Å²) in [5.41, 5.74) is 2.74. The molecule has 0 heterocycles. The van der Waals surface area contributed by atoms with E-state index in [1.807, 2.05) is 13.8 Å². The highest BCUT2D eigenvalue weighted by Gasteiger charge is 2.35. The van der Waals surface area contributed by atoms with Crippen molar-refractivity contribution in [1.82, 2.24) is 0 Å². The molecule has 0 radical (unpaired) electrons. The fourth-order valence-electron chi connectivity index (χ4n) is 2.95. The van der Waals surface area contributed by atoms with Crippen LogP contribution in [0.3, 0.4) is 0 Å². The molecule has 0 unspecified atom stereocenters. The highest BCUT2D eigenvalue weighted by Crippen LogP contribution is 2.42. The molecule has 0 N–H and O–H groups in total. The van der Waals surface area contributed by atoms with Gasteiger partial charge >= 0.3 is 12.1 Å². The van der Waals surface area contributed by atoms with Crippen LogP contribution in [0, 0.1) is 27.7 Å². The number of rotatable bonds is 2. The average Bonchev–Trinajstić information content (AvgIpc) is 2.54. The second-order valence-electron chi connectivity index (χ2n) is 5.78. The maximum absolute atomic E-state index is 13.4. The number of halogens is 3. The third-order valence-corrected chi connectivity index (χ3v) is 4.58. The molecular weight excluding hydrogens is 317 g/mol. The SMILES string of the molecule is COC(=O)c1c(C)c(C)c(C)c(C)c1-c1ccccc1C(F)(F)F. The number of benzene rings is 2. The zero-order chi connectivity index (χ0) is 18.2. The van der Waals surface area contributed by atoms with E-state index in [0.29, 0.717) is 11.1 Å². The molecule has 2 aromatic carbocycles. The van der Waals surface area contributed by atoms with E-state index in [9.17, 15) is 18.0 Å². The Morgan fingerprint density at radius 3 is 2.00 bits per heavy atom. The van der Waals surface area contributed by atoms with Crippen LogP contribution in [0.5, 0.6) is 0 Å². The molecule has 2 rings (SSSR count). The van der Waals surface area contributed by atoms with Crippen molar-refractivity contribution in [1.29, 1.82) is 0 Å². The summed E-state index contributed by atoms with van der Waals surface area (Å²) in [5.74, 6) is -0.634. The molecule has 0 aliphatic rings. The zero-order valence-electron chi connectivity index (χ0n) is 14.3. The van der Waals surface area contributed by atoms with Gasteiger partial charge in [0.1, 0.15) is 0 Å². The number of carbonyl (C=O) groups excluding carboxylic acids is 1. The lowest BCUT2D eigenvalue weighted by Crippen LogP contribution is -2.13. The van der Waals surface area contributed by atoms with Crippen LogP contribution in [-0.2, 0) is 10.9 Å². The lowest BCUT2D eigenvalue weighted by molar-refractivity contribution is -0.137. The van der Waals surface area contributed by atoms with Crippen LogP contribution < -0.4 is 0 Å². The summed E-state index contributed by atoms with van der Waals surface area (Å²) < 4.78 is 45.2. The molecule has 0 saturated carbocycles. The molecule has 0 aliphatic heterocycles. The Kier molecular flexibility index (Phi) is 4.74. The summed E-state index contributed by atoms with van der Waals surface area (Å²) in [7, 11) is 1.23. The van der Waals surface area contributed by atoms with Crippen LogP contribution in [0.4, 0.5) is 13.2 Å². The summed E-state index contributed by atoms with van der Waals surface area (Å²) in [5, 5.41) is 0. The standard InChI is InChI=1S/C19H19F3O2/c1-10-11(2)13(4)17(18(23)24-5)16(12(10)3)14-8-6-7-9-15(14)19(20,21)22/h6-9H,1-5H3. The average molecular weight is 336 g/mol. The summed E-state index contributed by atoms with van der Waals surface area (Å²) >= 11 is 0. The van der Waals surface area contributed by atoms with E-state index < -0.39 is 17.7 Å². The lowest BCUT2D eigenvalue weighted by atomic mass is 9.84. The highest BCUT2D eigenvalue weighted by molar-refractivity contribution is 6.01. The van der Waals surface area contributed by atoms with Crippen LogP contribution in [0.25, 0.3) is 11.1 Å². The number of hydrogen-bond donors (Lipinski definition) is 0. The number of carbonyl (C=O) groups is 1. The predicted molar refractivity (Wildman–Crippen MR) is 87.2 cm³/mol. The van der Waals surface area contributed by atoms with Crippen molar-refractivity contribution in [2.75, 3.05) is 7.11 Å². The van der Waals surface area contributed by atoms with Crippen molar-refractivity contribution in [2.24, 2.45) is 0 Å². The van der Waals surface area contributed by atoms with E-state index in [2.05, 4.69) is 0 Å². The van der Waals surface area contributed by atoms with Gasteiger partial charge in [-0.2, -0.15) is 13.2 Å². The molecule has 0 aliphatic carbocycles. The van der Waals surface area contributed by atoms with Gasteiger partial charge in [0.2, 0.25) is 0 Å². The van der Waals surface area contributed by atoms with Crippen LogP contribution in [0.15, 0.2) is 24.3 Å². The van der Waals surface area contributed by atoms with Crippen molar-refractivity contribution in [3.8, 4) is 11.1 Å². The van der Waals surface area contributed by atoms with Crippen molar-refractivity contribution in [2.45, 2.75) is 33.9 Å². The van der Waals surface area contributed by atoms with Crippen LogP contribution in [0.1, 0.15) is 38.2 Å². The smallest absolute Gasteiger partial charge is 0.417 e. The Labute approximate surface area is 139 Å². The Bertz CT molecular complexity index is 805. The van der Waals surface area contributed by atoms with Gasteiger partial charge in [-0.1, -0.05) is 18.2 Å². The minimum Gasteiger partial charge on any atom is -0.465 e. The number of esters is 1. The second kappa shape index (κ2) is 6.30. The van der Waals surface area contributed by atoms with E-state index in [-0.39, 0.29) is 16.7 Å². The fraction of sp³-hybridized carbons (Fsp3) is 0.316. The first-order valence-corrected chi connectivity index (χ1v) is 7.46. The Balaban J connectivity index is 2.98. The Morgan fingerprint density at radius 1 is 0.917 bits per heavy atom. The minimum absolute atomic E-state index is 0.00546. The maximum atomic E-state index is 13.4. The van der Waals surface area contributed by atoms with E-state index in [0.717, 1.165) is 17.2 Å². The highest BCUT2D eigenvalue weighted by atomic mass is 19.4. The molecule has 0 aromatic heterocycles. The van der Waals surface area contributed by atoms with Gasteiger partial charge in [-0.05, 0) is 61.6 Å². The Hall–Kier alpha value is -2.30. The molecule has 5 heteroatoms. The van der Waals surface area contributed by atoms with Crippen molar-refractivity contribution in [3.05, 3.63) is 57.6 Å². The molecule has 128 valence electrons. The molecule has 0 fully saturated rings. The van der Waals surface area contributed by atoms with Gasteiger partial charge < -0.3 is 4.74 Å². The van der Waals surface area contributed by atoms with Crippen LogP contribution in [0.2, 0.25) is 0 Å². The van der Waals surface area contributed by atoms with Crippen LogP contribution in [-0.4, -0.2) is 13.1 Å². The maximum Gasteiger partial charge on any atom is 0.417 e. The molecule has 0 saturated heterocycles. The number of methoxy groups -OCH3 is 1. The molecular formula is C19H19F3O2. The Morgan fingerprint density at radius 2 is 1.46 bits per heavy atom. The first-order chi connectivity index (χ1) is 11.1. The van der Waals surface area contributed by atoms with Crippen LogP contribution >= 0.6 is 0 Å². The minimum atomic E-state index is -4.51. The number of ether oxygens (including phenoxy) is 1. The summed E-state index contributed by atoms with van der Waals surface area (Å²) in [6.45, 7) is 7.16. The number of hydrogen-bond acceptors (Lipinski definition) is 2. The molecule has 2 nitrogen and oxygen atoms in total. The lowest BCUT2D eigenvalue weighted by Gasteiger charge is -2.22. The molecule has 0 atom stereocenters. The van der Waals surface area contributed by atoms with E-state index in [4.69, 9.17) is 4.74 Å². The molecule has 0 spiro atoms. The van der Waals surface area contributed by atoms with Crippen molar-refractivity contribution in [3.63, 3.8) is 0 Å². The van der Waals surface area contributed by atoms with Gasteiger partial charge in [0, 0.05) is 5.56 Å². The summed E-state index contributed by atoms with van der Waals surface area (Å²) in [6.07, 6.45) is -4.51. The topological polar surface area (TPSA) is 26.3 Å². The fourth-order valence-corrected chi connectivity index (χ4v) is 2.95. The molecule has 2 aromatic rings. The third-order valence-electron chi connectivity index (χ3n) is 4.58. The van der Waals surface area contributed by atoms with Gasteiger partial charge in [0.25, 0.3) is 0 Å². The first kappa shape index (κ1) is 18.0. The van der Waals surface area contributed by atoms with Crippen molar-refractivity contribution < 1.29 is 22.7 Å². The van der Waals surface area contributed by atoms with Gasteiger partial charge in [-0.25, -0.2) is 4.79 Å². The normalized spacial score (nSPS) is 11.5. The second-order valence-corrected chi connectivity index (χ2v) is 5.78. The first-order valence-electron chi connectivity index (χ1n) is 7.46.